The van der Waals surface area contributed by atoms with Crippen molar-refractivity contribution in [2.75, 3.05) is 6.61 Å². The van der Waals surface area contributed by atoms with Gasteiger partial charge in [-0.1, -0.05) is 77.2 Å². The third-order valence-electron chi connectivity index (χ3n) is 5.41. The molecule has 35 heavy (non-hydrogen) atoms. The fourth-order valence-corrected chi connectivity index (χ4v) is 4.44. The molecule has 0 saturated heterocycles. The van der Waals surface area contributed by atoms with Gasteiger partial charge < -0.3 is 4.74 Å². The van der Waals surface area contributed by atoms with Gasteiger partial charge in [-0.15, -0.1) is 21.5 Å². The average Bonchev–Trinajstić information content (AvgIpc) is 3.68. The Labute approximate surface area is 204 Å². The predicted octanol–water partition coefficient (Wildman–Crippen LogP) is 3.91. The van der Waals surface area contributed by atoms with Gasteiger partial charge in [-0.3, -0.25) is 4.79 Å². The minimum atomic E-state index is -2.12. The minimum absolute atomic E-state index is 0.0543. The SMILES string of the molecule is CCOC(=O)C(C(=O)c1cccs1)(n1cc(-c2ccccc2)nn1)n1cc(-c2ccccc2)nn1. The molecule has 0 radical (unpaired) electrons. The van der Waals surface area contributed by atoms with Gasteiger partial charge in [0.2, 0.25) is 5.78 Å². The molecule has 2 aromatic carbocycles. The first kappa shape index (κ1) is 22.4. The van der Waals surface area contributed by atoms with E-state index in [0.717, 1.165) is 11.1 Å². The Kier molecular flexibility index (Phi) is 6.02. The highest BCUT2D eigenvalue weighted by molar-refractivity contribution is 7.12. The number of thiophene rings is 1. The molecule has 3 heterocycles. The van der Waals surface area contributed by atoms with Gasteiger partial charge in [0.25, 0.3) is 0 Å². The quantitative estimate of drug-likeness (QED) is 0.187. The zero-order chi connectivity index (χ0) is 24.3. The van der Waals surface area contributed by atoms with E-state index in [2.05, 4.69) is 20.6 Å². The van der Waals surface area contributed by atoms with Crippen LogP contribution in [0.1, 0.15) is 16.6 Å². The number of hydrogen-bond donors (Lipinski definition) is 0. The lowest BCUT2D eigenvalue weighted by molar-refractivity contribution is -0.154. The Bertz CT molecular complexity index is 1370. The predicted molar refractivity (Wildman–Crippen MR) is 130 cm³/mol. The largest absolute Gasteiger partial charge is 0.462 e. The van der Waals surface area contributed by atoms with Crippen molar-refractivity contribution in [1.82, 2.24) is 30.0 Å². The third-order valence-corrected chi connectivity index (χ3v) is 6.28. The zero-order valence-corrected chi connectivity index (χ0v) is 19.5. The summed E-state index contributed by atoms with van der Waals surface area (Å²) in [6.07, 6.45) is 3.09. The van der Waals surface area contributed by atoms with E-state index in [4.69, 9.17) is 4.74 Å². The molecule has 0 saturated carbocycles. The van der Waals surface area contributed by atoms with Gasteiger partial charge in [-0.05, 0) is 18.4 Å². The number of aromatic nitrogens is 6. The maximum absolute atomic E-state index is 14.1. The number of benzene rings is 2. The number of Topliss-reactive ketones (excluding diaryl/α,β-unsaturated/α-hetero) is 1. The van der Waals surface area contributed by atoms with E-state index in [0.29, 0.717) is 16.3 Å². The highest BCUT2D eigenvalue weighted by Crippen LogP contribution is 2.30. The molecule has 3 aromatic heterocycles. The molecule has 0 atom stereocenters. The second kappa shape index (κ2) is 9.43. The lowest BCUT2D eigenvalue weighted by Crippen LogP contribution is -2.56. The number of carbonyl (C=O) groups is 2. The zero-order valence-electron chi connectivity index (χ0n) is 18.7. The first-order chi connectivity index (χ1) is 17.1. The van der Waals surface area contributed by atoms with Crippen molar-refractivity contribution in [2.24, 2.45) is 0 Å². The Hall–Kier alpha value is -4.44. The fourth-order valence-electron chi connectivity index (χ4n) is 3.73. The van der Waals surface area contributed by atoms with Crippen LogP contribution in [0.2, 0.25) is 0 Å². The van der Waals surface area contributed by atoms with Crippen LogP contribution in [-0.4, -0.2) is 48.3 Å². The highest BCUT2D eigenvalue weighted by atomic mass is 32.1. The number of rotatable bonds is 8. The summed E-state index contributed by atoms with van der Waals surface area (Å²) >= 11 is 1.21. The maximum atomic E-state index is 14.1. The number of ether oxygens (including phenoxy) is 1. The molecule has 0 aliphatic carbocycles. The van der Waals surface area contributed by atoms with Gasteiger partial charge in [0.05, 0.1) is 23.9 Å². The van der Waals surface area contributed by atoms with Crippen LogP contribution in [0.25, 0.3) is 22.5 Å². The molecule has 9 nitrogen and oxygen atoms in total. The summed E-state index contributed by atoms with van der Waals surface area (Å²) in [5, 5.41) is 18.7. The van der Waals surface area contributed by atoms with Crippen LogP contribution in [-0.2, 0) is 15.2 Å². The maximum Gasteiger partial charge on any atom is 0.365 e. The van der Waals surface area contributed by atoms with Crippen LogP contribution in [0.3, 0.4) is 0 Å². The third kappa shape index (κ3) is 3.93. The fraction of sp³-hybridized carbons (Fsp3) is 0.120. The molecular weight excluding hydrogens is 464 g/mol. The van der Waals surface area contributed by atoms with Gasteiger partial charge in [-0.25, -0.2) is 14.2 Å². The van der Waals surface area contributed by atoms with Gasteiger partial charge in [0, 0.05) is 11.1 Å². The average molecular weight is 485 g/mol. The summed E-state index contributed by atoms with van der Waals surface area (Å²) in [5.74, 6) is -1.40. The van der Waals surface area contributed by atoms with Crippen molar-refractivity contribution >= 4 is 23.1 Å². The van der Waals surface area contributed by atoms with Crippen molar-refractivity contribution in [2.45, 2.75) is 12.6 Å². The van der Waals surface area contributed by atoms with Crippen LogP contribution >= 0.6 is 11.3 Å². The summed E-state index contributed by atoms with van der Waals surface area (Å²) in [6, 6.07) is 22.1. The van der Waals surface area contributed by atoms with E-state index in [-0.39, 0.29) is 6.61 Å². The van der Waals surface area contributed by atoms with E-state index in [9.17, 15) is 9.59 Å². The van der Waals surface area contributed by atoms with E-state index in [1.165, 1.54) is 20.7 Å². The first-order valence-electron chi connectivity index (χ1n) is 10.9. The first-order valence-corrected chi connectivity index (χ1v) is 11.7. The Morgan fingerprint density at radius 2 is 1.37 bits per heavy atom. The molecule has 0 N–H and O–H groups in total. The topological polar surface area (TPSA) is 105 Å². The van der Waals surface area contributed by atoms with Crippen molar-refractivity contribution in [1.29, 1.82) is 0 Å². The monoisotopic (exact) mass is 484 g/mol. The second-order valence-corrected chi connectivity index (χ2v) is 8.48. The lowest BCUT2D eigenvalue weighted by atomic mass is 10.0. The molecule has 0 aliphatic heterocycles. The molecule has 0 spiro atoms. The summed E-state index contributed by atoms with van der Waals surface area (Å²) in [4.78, 5) is 28.1. The van der Waals surface area contributed by atoms with Crippen LogP contribution < -0.4 is 0 Å². The molecule has 5 rings (SSSR count). The van der Waals surface area contributed by atoms with Crippen molar-refractivity contribution in [3.05, 3.63) is 95.4 Å². The van der Waals surface area contributed by atoms with Crippen molar-refractivity contribution < 1.29 is 14.3 Å². The molecule has 0 amide bonds. The standard InChI is InChI=1S/C25H20N6O3S/c1-2-34-24(33)25(23(32)22-14-9-15-35-22,30-16-20(26-28-30)18-10-5-3-6-11-18)31-17-21(27-29-31)19-12-7-4-8-13-19/h3-17H,2H2,1H3. The number of ketones is 1. The molecular formula is C25H20N6O3S. The van der Waals surface area contributed by atoms with Crippen LogP contribution in [0.15, 0.2) is 90.6 Å². The molecule has 0 aliphatic rings. The van der Waals surface area contributed by atoms with Crippen molar-refractivity contribution in [3.8, 4) is 22.5 Å². The minimum Gasteiger partial charge on any atom is -0.462 e. The molecule has 0 fully saturated rings. The Morgan fingerprint density at radius 1 is 0.829 bits per heavy atom. The molecule has 0 bridgehead atoms. The van der Waals surface area contributed by atoms with E-state index in [1.54, 1.807) is 36.8 Å². The van der Waals surface area contributed by atoms with E-state index < -0.39 is 17.4 Å². The highest BCUT2D eigenvalue weighted by Gasteiger charge is 2.54. The number of nitrogens with zero attached hydrogens (tertiary/aromatic N) is 6. The Morgan fingerprint density at radius 3 is 1.83 bits per heavy atom. The second-order valence-electron chi connectivity index (χ2n) is 7.53. The number of esters is 1. The number of carbonyl (C=O) groups excluding carboxylic acids is 2. The normalized spacial score (nSPS) is 11.3. The Balaban J connectivity index is 1.73. The van der Waals surface area contributed by atoms with E-state index >= 15 is 0 Å². The van der Waals surface area contributed by atoms with Crippen LogP contribution in [0.4, 0.5) is 0 Å². The van der Waals surface area contributed by atoms with Crippen LogP contribution in [0, 0.1) is 0 Å². The summed E-state index contributed by atoms with van der Waals surface area (Å²) in [7, 11) is 0. The van der Waals surface area contributed by atoms with Gasteiger partial charge >= 0.3 is 11.6 Å². The molecule has 174 valence electrons. The molecule has 10 heteroatoms. The smallest absolute Gasteiger partial charge is 0.365 e. The molecule has 0 unspecified atom stereocenters. The summed E-state index contributed by atoms with van der Waals surface area (Å²) < 4.78 is 7.85. The van der Waals surface area contributed by atoms with Gasteiger partial charge in [-0.2, -0.15) is 0 Å². The van der Waals surface area contributed by atoms with Crippen molar-refractivity contribution in [3.63, 3.8) is 0 Å². The summed E-state index contributed by atoms with van der Waals surface area (Å²) in [5.41, 5.74) is 0.414. The molecule has 5 aromatic rings. The van der Waals surface area contributed by atoms with E-state index in [1.807, 2.05) is 60.7 Å². The lowest BCUT2D eigenvalue weighted by Gasteiger charge is -2.29. The summed E-state index contributed by atoms with van der Waals surface area (Å²) in [6.45, 7) is 1.73. The van der Waals surface area contributed by atoms with Gasteiger partial charge in [0.15, 0.2) is 0 Å². The van der Waals surface area contributed by atoms with Crippen LogP contribution in [0.5, 0.6) is 0 Å². The number of hydrogen-bond acceptors (Lipinski definition) is 8. The van der Waals surface area contributed by atoms with Gasteiger partial charge in [0.1, 0.15) is 11.4 Å².